The van der Waals surface area contributed by atoms with Gasteiger partial charge in [0.1, 0.15) is 10.8 Å². The lowest BCUT2D eigenvalue weighted by Gasteiger charge is -2.13. The van der Waals surface area contributed by atoms with E-state index in [1.807, 2.05) is 13.8 Å². The van der Waals surface area contributed by atoms with E-state index in [4.69, 9.17) is 4.74 Å². The van der Waals surface area contributed by atoms with Gasteiger partial charge in [0.15, 0.2) is 15.1 Å². The first-order valence-corrected chi connectivity index (χ1v) is 13.3. The van der Waals surface area contributed by atoms with Crippen molar-refractivity contribution in [1.82, 2.24) is 20.6 Å². The molecule has 2 N–H and O–H groups in total. The highest BCUT2D eigenvalue weighted by molar-refractivity contribution is 7.91. The van der Waals surface area contributed by atoms with Gasteiger partial charge in [0.25, 0.3) is 0 Å². The summed E-state index contributed by atoms with van der Waals surface area (Å²) in [5.74, 6) is -2.80. The molecule has 2 heterocycles. The Morgan fingerprint density at radius 2 is 1.91 bits per heavy atom. The molecule has 0 saturated heterocycles. The number of rotatable bonds is 10. The maximum absolute atomic E-state index is 14.7. The van der Waals surface area contributed by atoms with Crippen molar-refractivity contribution in [3.8, 4) is 11.1 Å². The molecule has 0 radical (unpaired) electrons. The van der Waals surface area contributed by atoms with E-state index < -0.39 is 45.2 Å². The number of carbonyl (C=O) groups is 2. The summed E-state index contributed by atoms with van der Waals surface area (Å²) in [6.45, 7) is 3.79. The molecule has 0 fully saturated rings. The van der Waals surface area contributed by atoms with Crippen molar-refractivity contribution in [2.75, 3.05) is 26.0 Å². The second kappa shape index (κ2) is 11.1. The maximum Gasteiger partial charge on any atom is 0.245 e. The van der Waals surface area contributed by atoms with Gasteiger partial charge in [-0.05, 0) is 38.1 Å². The molecule has 0 aliphatic rings. The number of ether oxygens (including phenoxy) is 1. The molecule has 188 valence electrons. The van der Waals surface area contributed by atoms with Crippen molar-refractivity contribution in [1.29, 1.82) is 0 Å². The number of hydrogen-bond donors (Lipinski definition) is 2. The first-order chi connectivity index (χ1) is 16.5. The molecule has 2 amide bonds. The fraction of sp³-hybridized carbons (Fsp3) is 0.364. The van der Waals surface area contributed by atoms with E-state index in [1.54, 1.807) is 0 Å². The molecular formula is C22H24F2N4O5S2. The van der Waals surface area contributed by atoms with Gasteiger partial charge in [0.2, 0.25) is 17.8 Å². The number of carbonyl (C=O) groups excluding carboxylic acids is 2. The number of hydrogen-bond acceptors (Lipinski definition) is 8. The average Bonchev–Trinajstić information content (AvgIpc) is 3.16. The highest BCUT2D eigenvalue weighted by Crippen LogP contribution is 2.34. The molecule has 0 aliphatic heterocycles. The minimum absolute atomic E-state index is 0.00726. The number of benzene rings is 1. The number of thiazole rings is 1. The first-order valence-electron chi connectivity index (χ1n) is 10.5. The molecular weight excluding hydrogens is 502 g/mol. The van der Waals surface area contributed by atoms with Crippen LogP contribution in [0.15, 0.2) is 30.5 Å². The van der Waals surface area contributed by atoms with Crippen molar-refractivity contribution < 1.29 is 31.5 Å². The Hall–Kier alpha value is -3.03. The molecule has 0 saturated carbocycles. The van der Waals surface area contributed by atoms with Gasteiger partial charge in [0, 0.05) is 30.1 Å². The molecule has 0 bridgehead atoms. The number of pyridine rings is 1. The zero-order valence-corrected chi connectivity index (χ0v) is 20.8. The number of amides is 2. The summed E-state index contributed by atoms with van der Waals surface area (Å²) in [7, 11) is -3.98. The van der Waals surface area contributed by atoms with Crippen molar-refractivity contribution in [3.63, 3.8) is 0 Å². The van der Waals surface area contributed by atoms with Gasteiger partial charge in [-0.25, -0.2) is 22.8 Å². The molecule has 2 aromatic heterocycles. The number of fused-ring (bicyclic) bond motifs is 1. The minimum Gasteiger partial charge on any atom is -0.377 e. The van der Waals surface area contributed by atoms with E-state index in [0.717, 1.165) is 23.7 Å². The molecule has 9 nitrogen and oxygen atoms in total. The molecule has 3 rings (SSSR count). The summed E-state index contributed by atoms with van der Waals surface area (Å²) in [6, 6.07) is 4.98. The zero-order chi connectivity index (χ0) is 25.8. The van der Waals surface area contributed by atoms with E-state index in [1.165, 1.54) is 24.4 Å². The normalized spacial score (nSPS) is 12.6. The van der Waals surface area contributed by atoms with Gasteiger partial charge in [-0.2, -0.15) is 4.39 Å². The molecule has 1 unspecified atom stereocenters. The summed E-state index contributed by atoms with van der Waals surface area (Å²) in [5.41, 5.74) is 0.665. The number of aromatic nitrogens is 2. The SMILES string of the molecule is CC(C)OCCNC(=O)CNC(=O)C(c1nc2cc(-c3ccc(F)nc3)c(F)cc2s1)S(C)(=O)=O. The van der Waals surface area contributed by atoms with E-state index in [0.29, 0.717) is 16.9 Å². The monoisotopic (exact) mass is 526 g/mol. The molecule has 1 aromatic carbocycles. The molecule has 0 aliphatic carbocycles. The Morgan fingerprint density at radius 3 is 2.54 bits per heavy atom. The van der Waals surface area contributed by atoms with Crippen LogP contribution in [0.2, 0.25) is 0 Å². The lowest BCUT2D eigenvalue weighted by Crippen LogP contribution is -2.41. The van der Waals surface area contributed by atoms with Gasteiger partial charge >= 0.3 is 0 Å². The summed E-state index contributed by atoms with van der Waals surface area (Å²) < 4.78 is 58.3. The Kier molecular flexibility index (Phi) is 8.46. The number of nitrogens with one attached hydrogen (secondary N) is 2. The predicted octanol–water partition coefficient (Wildman–Crippen LogP) is 2.38. The predicted molar refractivity (Wildman–Crippen MR) is 127 cm³/mol. The number of halogens is 2. The van der Waals surface area contributed by atoms with Crippen LogP contribution in [0.1, 0.15) is 24.1 Å². The van der Waals surface area contributed by atoms with E-state index in [-0.39, 0.29) is 28.7 Å². The van der Waals surface area contributed by atoms with Crippen molar-refractivity contribution in [3.05, 3.63) is 47.2 Å². The fourth-order valence-electron chi connectivity index (χ4n) is 3.13. The van der Waals surface area contributed by atoms with Crippen LogP contribution in [0.5, 0.6) is 0 Å². The summed E-state index contributed by atoms with van der Waals surface area (Å²) >= 11 is 0.851. The minimum atomic E-state index is -3.98. The van der Waals surface area contributed by atoms with E-state index >= 15 is 0 Å². The van der Waals surface area contributed by atoms with E-state index in [9.17, 15) is 26.8 Å². The smallest absolute Gasteiger partial charge is 0.245 e. The third-order valence-electron chi connectivity index (χ3n) is 4.72. The third kappa shape index (κ3) is 6.99. The van der Waals surface area contributed by atoms with Gasteiger partial charge in [-0.15, -0.1) is 11.3 Å². The van der Waals surface area contributed by atoms with Crippen LogP contribution < -0.4 is 10.6 Å². The largest absolute Gasteiger partial charge is 0.377 e. The summed E-state index contributed by atoms with van der Waals surface area (Å²) in [4.78, 5) is 32.4. The van der Waals surface area contributed by atoms with Crippen LogP contribution >= 0.6 is 11.3 Å². The van der Waals surface area contributed by atoms with Crippen LogP contribution in [0.4, 0.5) is 8.78 Å². The van der Waals surface area contributed by atoms with Crippen LogP contribution in [-0.2, 0) is 24.2 Å². The Labute approximate surface area is 204 Å². The molecule has 3 aromatic rings. The van der Waals surface area contributed by atoms with Gasteiger partial charge in [0.05, 0.1) is 29.5 Å². The zero-order valence-electron chi connectivity index (χ0n) is 19.2. The molecule has 1 atom stereocenters. The van der Waals surface area contributed by atoms with Crippen LogP contribution in [0.3, 0.4) is 0 Å². The highest BCUT2D eigenvalue weighted by Gasteiger charge is 2.34. The summed E-state index contributed by atoms with van der Waals surface area (Å²) in [5, 5.41) is 3.11. The standard InChI is InChI=1S/C22H24F2N4O5S2/c1-12(2)33-7-6-25-19(29)11-27-21(30)20(35(3,31)32)22-28-16-8-14(15(23)9-17(16)34-22)13-4-5-18(24)26-10-13/h4-5,8-10,12,20H,6-7,11H2,1-3H3,(H,25,29)(H,27,30). The van der Waals surface area contributed by atoms with Crippen molar-refractivity contribution in [2.24, 2.45) is 0 Å². The Morgan fingerprint density at radius 1 is 1.17 bits per heavy atom. The van der Waals surface area contributed by atoms with E-state index in [2.05, 4.69) is 20.6 Å². The topological polar surface area (TPSA) is 127 Å². The fourth-order valence-corrected chi connectivity index (χ4v) is 5.65. The second-order valence-corrected chi connectivity index (χ2v) is 11.1. The molecule has 0 spiro atoms. The van der Waals surface area contributed by atoms with Crippen molar-refractivity contribution in [2.45, 2.75) is 25.2 Å². The van der Waals surface area contributed by atoms with Crippen LogP contribution in [0.25, 0.3) is 21.3 Å². The van der Waals surface area contributed by atoms with Crippen molar-refractivity contribution >= 4 is 43.2 Å². The molecule has 13 heteroatoms. The Balaban J connectivity index is 1.79. The quantitative estimate of drug-likeness (QED) is 0.307. The number of sulfone groups is 1. The second-order valence-electron chi connectivity index (χ2n) is 7.92. The van der Waals surface area contributed by atoms with Gasteiger partial charge in [-0.1, -0.05) is 0 Å². The summed E-state index contributed by atoms with van der Waals surface area (Å²) in [6.07, 6.45) is 2.05. The van der Waals surface area contributed by atoms with Crippen LogP contribution in [-0.4, -0.2) is 62.3 Å². The lowest BCUT2D eigenvalue weighted by atomic mass is 10.1. The maximum atomic E-state index is 14.7. The van der Waals surface area contributed by atoms with Gasteiger partial charge in [-0.3, -0.25) is 9.59 Å². The third-order valence-corrected chi connectivity index (χ3v) is 7.25. The highest BCUT2D eigenvalue weighted by atomic mass is 32.2. The Bertz CT molecular complexity index is 1330. The molecule has 35 heavy (non-hydrogen) atoms. The average molecular weight is 527 g/mol. The van der Waals surface area contributed by atoms with Crippen LogP contribution in [0, 0.1) is 11.8 Å². The number of nitrogens with zero attached hydrogens (tertiary/aromatic N) is 2. The van der Waals surface area contributed by atoms with Gasteiger partial charge < -0.3 is 15.4 Å². The first kappa shape index (κ1) is 26.6. The lowest BCUT2D eigenvalue weighted by molar-refractivity contribution is -0.126.